The van der Waals surface area contributed by atoms with Crippen molar-refractivity contribution >= 4 is 12.1 Å². The lowest BCUT2D eigenvalue weighted by Gasteiger charge is -2.21. The summed E-state index contributed by atoms with van der Waals surface area (Å²) in [6.07, 6.45) is 1.32. The third-order valence-electron chi connectivity index (χ3n) is 2.85. The summed E-state index contributed by atoms with van der Waals surface area (Å²) in [5.74, 6) is -0.815. The minimum absolute atomic E-state index is 0.0927. The van der Waals surface area contributed by atoms with E-state index in [0.29, 0.717) is 6.54 Å². The van der Waals surface area contributed by atoms with Crippen molar-refractivity contribution in [2.24, 2.45) is 0 Å². The highest BCUT2D eigenvalue weighted by Crippen LogP contribution is 2.06. The number of carbonyl (C=O) groups is 2. The number of carbonyl (C=O) groups excluding carboxylic acids is 2. The van der Waals surface area contributed by atoms with Crippen LogP contribution in [0.3, 0.4) is 0 Å². The Labute approximate surface area is 131 Å². The molecule has 0 aliphatic heterocycles. The molecule has 22 heavy (non-hydrogen) atoms. The van der Waals surface area contributed by atoms with Crippen molar-refractivity contribution in [3.63, 3.8) is 0 Å². The van der Waals surface area contributed by atoms with Crippen LogP contribution in [0.2, 0.25) is 0 Å². The van der Waals surface area contributed by atoms with E-state index >= 15 is 0 Å². The minimum Gasteiger partial charge on any atom is -0.419 e. The van der Waals surface area contributed by atoms with Crippen molar-refractivity contribution in [3.8, 4) is 0 Å². The van der Waals surface area contributed by atoms with Crippen molar-refractivity contribution in [1.29, 1.82) is 0 Å². The fraction of sp³-hybridized carbons (Fsp3) is 0.733. The maximum absolute atomic E-state index is 11.6. The topological polar surface area (TPSA) is 105 Å². The zero-order valence-electron chi connectivity index (χ0n) is 13.3. The zero-order chi connectivity index (χ0) is 17.0. The van der Waals surface area contributed by atoms with E-state index in [1.54, 1.807) is 0 Å². The van der Waals surface area contributed by atoms with Crippen LogP contribution in [0, 0.1) is 0 Å². The zero-order valence-corrected chi connectivity index (χ0v) is 13.3. The maximum atomic E-state index is 11.6. The van der Waals surface area contributed by atoms with E-state index < -0.39 is 31.1 Å². The Kier molecular flexibility index (Phi) is 11.1. The van der Waals surface area contributed by atoms with Crippen LogP contribution in [-0.4, -0.2) is 47.8 Å². The first kappa shape index (κ1) is 20.4. The van der Waals surface area contributed by atoms with E-state index in [2.05, 4.69) is 18.8 Å². The van der Waals surface area contributed by atoms with Crippen LogP contribution in [0.5, 0.6) is 0 Å². The highest BCUT2D eigenvalue weighted by atomic mass is 16.7. The Morgan fingerprint density at radius 3 is 2.36 bits per heavy atom. The van der Waals surface area contributed by atoms with Crippen LogP contribution in [0.1, 0.15) is 46.0 Å². The molecule has 0 bridgehead atoms. The molecule has 1 amide bonds. The molecule has 0 aromatic heterocycles. The molecule has 0 aromatic rings. The number of nitrogens with one attached hydrogen (secondary N) is 1. The standard InChI is InChI=1S/C15H27NO6/c1-4-5-6-7-8-9-16-15(20)22-14(12(18)10-17)21-13(19)11(2)3/h12,14,17-18H,2,4-10H2,1,3H3,(H,16,20). The molecule has 0 rings (SSSR count). The predicted molar refractivity (Wildman–Crippen MR) is 81.0 cm³/mol. The van der Waals surface area contributed by atoms with Gasteiger partial charge in [-0.2, -0.15) is 0 Å². The quantitative estimate of drug-likeness (QED) is 0.231. The fourth-order valence-corrected chi connectivity index (χ4v) is 1.54. The molecule has 3 N–H and O–H groups in total. The van der Waals surface area contributed by atoms with Gasteiger partial charge in [0.25, 0.3) is 6.29 Å². The number of rotatable bonds is 11. The summed E-state index contributed by atoms with van der Waals surface area (Å²) in [6.45, 7) is 6.64. The molecule has 0 radical (unpaired) electrons. The molecular formula is C15H27NO6. The SMILES string of the molecule is C=C(C)C(=O)OC(OC(=O)NCCCCCCC)C(O)CO. The number of hydrogen-bond donors (Lipinski definition) is 3. The summed E-state index contributed by atoms with van der Waals surface area (Å²) in [7, 11) is 0. The van der Waals surface area contributed by atoms with Gasteiger partial charge in [0.2, 0.25) is 0 Å². The van der Waals surface area contributed by atoms with Gasteiger partial charge < -0.3 is 25.0 Å². The highest BCUT2D eigenvalue weighted by Gasteiger charge is 2.27. The minimum atomic E-state index is -1.57. The molecule has 0 aliphatic rings. The van der Waals surface area contributed by atoms with E-state index in [-0.39, 0.29) is 5.57 Å². The summed E-state index contributed by atoms with van der Waals surface area (Å²) in [4.78, 5) is 23.0. The van der Waals surface area contributed by atoms with Crippen LogP contribution in [-0.2, 0) is 14.3 Å². The number of hydrogen-bond acceptors (Lipinski definition) is 6. The van der Waals surface area contributed by atoms with Crippen molar-refractivity contribution in [2.75, 3.05) is 13.2 Å². The molecule has 128 valence electrons. The number of esters is 1. The predicted octanol–water partition coefficient (Wildman–Crippen LogP) is 1.48. The average molecular weight is 317 g/mol. The maximum Gasteiger partial charge on any atom is 0.410 e. The van der Waals surface area contributed by atoms with Gasteiger partial charge in [0.1, 0.15) is 0 Å². The molecule has 2 atom stereocenters. The normalized spacial score (nSPS) is 13.1. The lowest BCUT2D eigenvalue weighted by Crippen LogP contribution is -2.41. The van der Waals surface area contributed by atoms with Crippen LogP contribution in [0.25, 0.3) is 0 Å². The van der Waals surface area contributed by atoms with Crippen LogP contribution in [0.4, 0.5) is 4.79 Å². The molecule has 0 aromatic carbocycles. The molecule has 0 spiro atoms. The number of aliphatic hydroxyl groups is 2. The van der Waals surface area contributed by atoms with Gasteiger partial charge in [-0.25, -0.2) is 9.59 Å². The third-order valence-corrected chi connectivity index (χ3v) is 2.85. The van der Waals surface area contributed by atoms with E-state index in [1.165, 1.54) is 6.92 Å². The van der Waals surface area contributed by atoms with E-state index in [0.717, 1.165) is 32.1 Å². The lowest BCUT2D eigenvalue weighted by atomic mass is 10.1. The van der Waals surface area contributed by atoms with Gasteiger partial charge in [0.15, 0.2) is 6.10 Å². The molecule has 0 saturated carbocycles. The molecule has 0 fully saturated rings. The summed E-state index contributed by atoms with van der Waals surface area (Å²) < 4.78 is 9.57. The Bertz CT molecular complexity index is 358. The molecule has 7 heteroatoms. The third kappa shape index (κ3) is 9.36. The molecule has 0 heterocycles. The van der Waals surface area contributed by atoms with Crippen molar-refractivity contribution in [1.82, 2.24) is 5.32 Å². The smallest absolute Gasteiger partial charge is 0.410 e. The summed E-state index contributed by atoms with van der Waals surface area (Å²) in [6, 6.07) is 0. The molecule has 0 saturated heterocycles. The van der Waals surface area contributed by atoms with Crippen LogP contribution >= 0.6 is 0 Å². The molecule has 0 aliphatic carbocycles. The number of alkyl carbamates (subject to hydrolysis) is 1. The first-order valence-corrected chi connectivity index (χ1v) is 7.52. The monoisotopic (exact) mass is 317 g/mol. The Hall–Kier alpha value is -1.60. The van der Waals surface area contributed by atoms with E-state index in [9.17, 15) is 14.7 Å². The molecular weight excluding hydrogens is 290 g/mol. The Morgan fingerprint density at radius 1 is 1.18 bits per heavy atom. The van der Waals surface area contributed by atoms with Gasteiger partial charge in [-0.15, -0.1) is 0 Å². The van der Waals surface area contributed by atoms with Gasteiger partial charge in [0.05, 0.1) is 6.61 Å². The van der Waals surface area contributed by atoms with Crippen LogP contribution in [0.15, 0.2) is 12.2 Å². The first-order valence-electron chi connectivity index (χ1n) is 7.52. The lowest BCUT2D eigenvalue weighted by molar-refractivity contribution is -0.186. The second-order valence-electron chi connectivity index (χ2n) is 5.05. The summed E-state index contributed by atoms with van der Waals surface area (Å²) in [5, 5.41) is 20.9. The number of ether oxygens (including phenoxy) is 2. The van der Waals surface area contributed by atoms with Crippen molar-refractivity contribution in [2.45, 2.75) is 58.3 Å². The molecule has 7 nitrogen and oxygen atoms in total. The fourth-order valence-electron chi connectivity index (χ4n) is 1.54. The second kappa shape index (κ2) is 12.0. The van der Waals surface area contributed by atoms with Gasteiger partial charge in [-0.1, -0.05) is 39.2 Å². The van der Waals surface area contributed by atoms with Gasteiger partial charge in [-0.05, 0) is 13.3 Å². The van der Waals surface area contributed by atoms with Gasteiger partial charge >= 0.3 is 12.1 Å². The van der Waals surface area contributed by atoms with Gasteiger partial charge in [-0.3, -0.25) is 0 Å². The van der Waals surface area contributed by atoms with E-state index in [4.69, 9.17) is 14.6 Å². The number of aliphatic hydroxyl groups excluding tert-OH is 2. The number of amides is 1. The largest absolute Gasteiger partial charge is 0.419 e. The van der Waals surface area contributed by atoms with Crippen molar-refractivity contribution in [3.05, 3.63) is 12.2 Å². The summed E-state index contributed by atoms with van der Waals surface area (Å²) in [5.41, 5.74) is 0.0927. The van der Waals surface area contributed by atoms with Crippen molar-refractivity contribution < 1.29 is 29.3 Å². The average Bonchev–Trinajstić information content (AvgIpc) is 2.48. The Balaban J connectivity index is 4.16. The molecule has 2 unspecified atom stereocenters. The second-order valence-corrected chi connectivity index (χ2v) is 5.05. The highest BCUT2D eigenvalue weighted by molar-refractivity contribution is 5.87. The van der Waals surface area contributed by atoms with Crippen LogP contribution < -0.4 is 5.32 Å². The van der Waals surface area contributed by atoms with Gasteiger partial charge in [0, 0.05) is 12.1 Å². The first-order chi connectivity index (χ1) is 10.4. The summed E-state index contributed by atoms with van der Waals surface area (Å²) >= 11 is 0. The van der Waals surface area contributed by atoms with E-state index in [1.807, 2.05) is 0 Å². The number of unbranched alkanes of at least 4 members (excludes halogenated alkanes) is 4. The Morgan fingerprint density at radius 2 is 1.82 bits per heavy atom.